The second kappa shape index (κ2) is 7.52. The summed E-state index contributed by atoms with van der Waals surface area (Å²) in [5, 5.41) is 7.91. The van der Waals surface area contributed by atoms with Crippen molar-refractivity contribution in [1.82, 2.24) is 19.5 Å². The maximum Gasteiger partial charge on any atom is 0.291 e. The Bertz CT molecular complexity index is 1200. The number of carbonyl (C=O) groups excluding carboxylic acids is 1. The predicted molar refractivity (Wildman–Crippen MR) is 106 cm³/mol. The molecule has 0 aliphatic heterocycles. The van der Waals surface area contributed by atoms with Gasteiger partial charge >= 0.3 is 0 Å². The van der Waals surface area contributed by atoms with E-state index in [4.69, 9.17) is 16.0 Å². The number of fused-ring (bicyclic) bond motifs is 3. The minimum atomic E-state index is -0.196. The number of nitrogens with zero attached hydrogens (tertiary/aromatic N) is 3. The number of amides is 1. The van der Waals surface area contributed by atoms with Crippen LogP contribution in [0.4, 0.5) is 0 Å². The maximum atomic E-state index is 12.7. The van der Waals surface area contributed by atoms with E-state index < -0.39 is 0 Å². The summed E-state index contributed by atoms with van der Waals surface area (Å²) in [6, 6.07) is 10.9. The molecule has 0 spiro atoms. The smallest absolute Gasteiger partial charge is 0.291 e. The molecule has 4 rings (SSSR count). The van der Waals surface area contributed by atoms with Crippen LogP contribution in [0.3, 0.4) is 0 Å². The van der Waals surface area contributed by atoms with Gasteiger partial charge in [0.15, 0.2) is 5.58 Å². The number of carbonyl (C=O) groups is 1. The third kappa shape index (κ3) is 3.53. The van der Waals surface area contributed by atoms with Crippen molar-refractivity contribution in [2.45, 2.75) is 32.9 Å². The SMILES string of the molecule is Cc1nn(CCCC(=O)NCc2ccc(Cl)cc2)c(=O)c2cc3occc3n12. The van der Waals surface area contributed by atoms with Gasteiger partial charge in [-0.05, 0) is 31.0 Å². The van der Waals surface area contributed by atoms with Crippen LogP contribution in [0.5, 0.6) is 0 Å². The lowest BCUT2D eigenvalue weighted by Crippen LogP contribution is -2.27. The molecular formula is C20H19ClN4O3. The molecule has 7 nitrogen and oxygen atoms in total. The first kappa shape index (κ1) is 18.3. The molecule has 1 N–H and O–H groups in total. The minimum absolute atomic E-state index is 0.0685. The summed E-state index contributed by atoms with van der Waals surface area (Å²) in [5.41, 5.74) is 2.79. The number of nitrogens with one attached hydrogen (secondary N) is 1. The lowest BCUT2D eigenvalue weighted by Gasteiger charge is -2.09. The van der Waals surface area contributed by atoms with Crippen LogP contribution in [0.25, 0.3) is 16.6 Å². The number of hydrogen-bond donors (Lipinski definition) is 1. The fraction of sp³-hybridized carbons (Fsp3) is 0.250. The van der Waals surface area contributed by atoms with Gasteiger partial charge in [-0.3, -0.25) is 14.0 Å². The molecule has 0 atom stereocenters. The summed E-state index contributed by atoms with van der Waals surface area (Å²) in [5.74, 6) is 0.624. The van der Waals surface area contributed by atoms with Gasteiger partial charge in [0.2, 0.25) is 5.91 Å². The van der Waals surface area contributed by atoms with Gasteiger partial charge in [0.25, 0.3) is 5.56 Å². The fourth-order valence-electron chi connectivity index (χ4n) is 3.26. The van der Waals surface area contributed by atoms with E-state index in [1.807, 2.05) is 25.1 Å². The number of hydrogen-bond acceptors (Lipinski definition) is 4. The molecule has 8 heteroatoms. The molecule has 4 aromatic rings. The summed E-state index contributed by atoms with van der Waals surface area (Å²) >= 11 is 5.85. The van der Waals surface area contributed by atoms with Gasteiger partial charge < -0.3 is 9.73 Å². The Labute approximate surface area is 165 Å². The molecule has 0 radical (unpaired) electrons. The van der Waals surface area contributed by atoms with Crippen LogP contribution < -0.4 is 10.9 Å². The predicted octanol–water partition coefficient (Wildman–Crippen LogP) is 3.30. The van der Waals surface area contributed by atoms with E-state index in [0.717, 1.165) is 11.1 Å². The Balaban J connectivity index is 1.38. The van der Waals surface area contributed by atoms with Crippen LogP contribution in [-0.4, -0.2) is 20.1 Å². The van der Waals surface area contributed by atoms with E-state index in [1.54, 1.807) is 28.9 Å². The zero-order chi connectivity index (χ0) is 19.7. The lowest BCUT2D eigenvalue weighted by molar-refractivity contribution is -0.121. The first-order valence-electron chi connectivity index (χ1n) is 9.00. The second-order valence-electron chi connectivity index (χ2n) is 6.62. The Morgan fingerprint density at radius 2 is 2.00 bits per heavy atom. The van der Waals surface area contributed by atoms with Crippen LogP contribution in [0.2, 0.25) is 5.02 Å². The first-order chi connectivity index (χ1) is 13.5. The third-order valence-corrected chi connectivity index (χ3v) is 4.89. The van der Waals surface area contributed by atoms with Crippen molar-refractivity contribution in [2.75, 3.05) is 0 Å². The highest BCUT2D eigenvalue weighted by Crippen LogP contribution is 2.20. The van der Waals surface area contributed by atoms with Crippen molar-refractivity contribution >= 4 is 34.1 Å². The van der Waals surface area contributed by atoms with Crippen LogP contribution in [0, 0.1) is 6.92 Å². The second-order valence-corrected chi connectivity index (χ2v) is 7.05. The number of furan rings is 1. The van der Waals surface area contributed by atoms with Crippen molar-refractivity contribution in [2.24, 2.45) is 0 Å². The molecule has 0 unspecified atom stereocenters. The Kier molecular flexibility index (Phi) is 4.92. The highest BCUT2D eigenvalue weighted by atomic mass is 35.5. The number of rotatable bonds is 6. The molecule has 0 fully saturated rings. The molecule has 1 aromatic carbocycles. The molecule has 0 aliphatic carbocycles. The van der Waals surface area contributed by atoms with E-state index >= 15 is 0 Å². The van der Waals surface area contributed by atoms with Gasteiger partial charge in [-0.1, -0.05) is 23.7 Å². The van der Waals surface area contributed by atoms with E-state index in [-0.39, 0.29) is 11.5 Å². The minimum Gasteiger partial charge on any atom is -0.463 e. The normalized spacial score (nSPS) is 11.4. The molecule has 28 heavy (non-hydrogen) atoms. The summed E-state index contributed by atoms with van der Waals surface area (Å²) in [6.07, 6.45) is 2.42. The molecule has 3 aromatic heterocycles. The van der Waals surface area contributed by atoms with Crippen molar-refractivity contribution in [3.8, 4) is 0 Å². The van der Waals surface area contributed by atoms with E-state index in [0.29, 0.717) is 47.9 Å². The van der Waals surface area contributed by atoms with Crippen LogP contribution in [-0.2, 0) is 17.9 Å². The molecule has 0 bridgehead atoms. The highest BCUT2D eigenvalue weighted by molar-refractivity contribution is 6.30. The Morgan fingerprint density at radius 1 is 1.21 bits per heavy atom. The largest absolute Gasteiger partial charge is 0.463 e. The summed E-state index contributed by atoms with van der Waals surface area (Å²) < 4.78 is 8.58. The Morgan fingerprint density at radius 3 is 2.79 bits per heavy atom. The fourth-order valence-corrected chi connectivity index (χ4v) is 3.39. The van der Waals surface area contributed by atoms with Gasteiger partial charge in [0.05, 0.1) is 11.8 Å². The molecule has 1 amide bonds. The maximum absolute atomic E-state index is 12.7. The van der Waals surface area contributed by atoms with Gasteiger partial charge in [-0.15, -0.1) is 0 Å². The van der Waals surface area contributed by atoms with E-state index in [1.165, 1.54) is 4.68 Å². The number of aryl methyl sites for hydroxylation is 2. The van der Waals surface area contributed by atoms with Crippen LogP contribution >= 0.6 is 11.6 Å². The van der Waals surface area contributed by atoms with E-state index in [9.17, 15) is 9.59 Å². The zero-order valence-electron chi connectivity index (χ0n) is 15.3. The number of benzene rings is 1. The average molecular weight is 399 g/mol. The molecular weight excluding hydrogens is 380 g/mol. The van der Waals surface area contributed by atoms with Crippen molar-refractivity contribution < 1.29 is 9.21 Å². The standard InChI is InChI=1S/C20H19ClN4O3/c1-13-23-24(20(27)17-11-18-16(25(13)17)8-10-28-18)9-2-3-19(26)22-12-14-4-6-15(21)7-5-14/h4-8,10-11H,2-3,9,12H2,1H3,(H,22,26). The van der Waals surface area contributed by atoms with Crippen molar-refractivity contribution in [3.05, 3.63) is 69.4 Å². The van der Waals surface area contributed by atoms with Crippen molar-refractivity contribution in [3.63, 3.8) is 0 Å². The summed E-state index contributed by atoms with van der Waals surface area (Å²) in [7, 11) is 0. The zero-order valence-corrected chi connectivity index (χ0v) is 16.1. The molecule has 0 saturated heterocycles. The van der Waals surface area contributed by atoms with Gasteiger partial charge in [-0.25, -0.2) is 4.68 Å². The van der Waals surface area contributed by atoms with Crippen molar-refractivity contribution in [1.29, 1.82) is 0 Å². The topological polar surface area (TPSA) is 81.5 Å². The molecule has 0 saturated carbocycles. The number of halogens is 1. The monoisotopic (exact) mass is 398 g/mol. The van der Waals surface area contributed by atoms with E-state index in [2.05, 4.69) is 10.4 Å². The lowest BCUT2D eigenvalue weighted by atomic mass is 10.2. The van der Waals surface area contributed by atoms with Gasteiger partial charge in [0.1, 0.15) is 11.3 Å². The molecule has 144 valence electrons. The summed E-state index contributed by atoms with van der Waals surface area (Å²) in [4.78, 5) is 24.7. The van der Waals surface area contributed by atoms with Crippen LogP contribution in [0.1, 0.15) is 24.2 Å². The summed E-state index contributed by atoms with van der Waals surface area (Å²) in [6.45, 7) is 2.66. The quantitative estimate of drug-likeness (QED) is 0.540. The molecule has 3 heterocycles. The average Bonchev–Trinajstić information content (AvgIpc) is 3.26. The third-order valence-electron chi connectivity index (χ3n) is 4.64. The number of aromatic nitrogens is 3. The van der Waals surface area contributed by atoms with Crippen LogP contribution in [0.15, 0.2) is 51.9 Å². The first-order valence-corrected chi connectivity index (χ1v) is 9.38. The van der Waals surface area contributed by atoms with Gasteiger partial charge in [0, 0.05) is 36.7 Å². The molecule has 0 aliphatic rings. The van der Waals surface area contributed by atoms with Gasteiger partial charge in [-0.2, -0.15) is 5.10 Å². The highest BCUT2D eigenvalue weighted by Gasteiger charge is 2.14. The Hall–Kier alpha value is -3.06.